The van der Waals surface area contributed by atoms with Gasteiger partial charge in [-0.15, -0.1) is 0 Å². The van der Waals surface area contributed by atoms with Gasteiger partial charge in [-0.1, -0.05) is 18.2 Å². The summed E-state index contributed by atoms with van der Waals surface area (Å²) in [4.78, 5) is 15.3. The van der Waals surface area contributed by atoms with Gasteiger partial charge in [0.15, 0.2) is 5.96 Å². The lowest BCUT2D eigenvalue weighted by Gasteiger charge is -2.12. The average molecular weight is 309 g/mol. The van der Waals surface area contributed by atoms with Crippen LogP contribution in [0.5, 0.6) is 0 Å². The minimum Gasteiger partial charge on any atom is -0.466 e. The van der Waals surface area contributed by atoms with Crippen molar-refractivity contribution >= 4 is 11.9 Å². The number of hydrogen-bond acceptors (Lipinski definition) is 3. The molecule has 0 aliphatic rings. The van der Waals surface area contributed by atoms with Gasteiger partial charge >= 0.3 is 5.97 Å². The van der Waals surface area contributed by atoms with Crippen molar-refractivity contribution in [2.45, 2.75) is 26.2 Å². The fourth-order valence-electron chi connectivity index (χ4n) is 1.91. The summed E-state index contributed by atoms with van der Waals surface area (Å²) in [6.07, 6.45) is 1.64. The summed E-state index contributed by atoms with van der Waals surface area (Å²) in [5, 5.41) is 6.22. The Morgan fingerprint density at radius 3 is 2.68 bits per heavy atom. The molecule has 1 rings (SSSR count). The average Bonchev–Trinajstić information content (AvgIpc) is 2.51. The van der Waals surface area contributed by atoms with Crippen LogP contribution < -0.4 is 10.6 Å². The van der Waals surface area contributed by atoms with Gasteiger partial charge in [0, 0.05) is 26.6 Å². The molecule has 0 aliphatic carbocycles. The molecular formula is C16H24FN3O2. The monoisotopic (exact) mass is 309 g/mol. The summed E-state index contributed by atoms with van der Waals surface area (Å²) in [6.45, 7) is 3.40. The molecule has 0 atom stereocenters. The van der Waals surface area contributed by atoms with E-state index in [1.165, 1.54) is 6.07 Å². The van der Waals surface area contributed by atoms with Gasteiger partial charge < -0.3 is 15.4 Å². The van der Waals surface area contributed by atoms with E-state index in [1.807, 2.05) is 6.07 Å². The van der Waals surface area contributed by atoms with Crippen molar-refractivity contribution in [3.05, 3.63) is 35.6 Å². The fraction of sp³-hybridized carbons (Fsp3) is 0.500. The van der Waals surface area contributed by atoms with Gasteiger partial charge in [-0.25, -0.2) is 4.39 Å². The third kappa shape index (κ3) is 7.06. The van der Waals surface area contributed by atoms with E-state index in [9.17, 15) is 9.18 Å². The zero-order chi connectivity index (χ0) is 16.2. The number of benzene rings is 1. The molecule has 0 spiro atoms. The first-order valence-electron chi connectivity index (χ1n) is 7.51. The molecule has 1 aromatic carbocycles. The number of ether oxygens (including phenoxy) is 1. The number of rotatable bonds is 8. The van der Waals surface area contributed by atoms with Crippen molar-refractivity contribution in [2.75, 3.05) is 26.7 Å². The van der Waals surface area contributed by atoms with Crippen molar-refractivity contribution in [2.24, 2.45) is 4.99 Å². The van der Waals surface area contributed by atoms with Gasteiger partial charge in [-0.05, 0) is 31.4 Å². The Morgan fingerprint density at radius 2 is 2.00 bits per heavy atom. The predicted molar refractivity (Wildman–Crippen MR) is 85.3 cm³/mol. The molecule has 0 saturated heterocycles. The van der Waals surface area contributed by atoms with Crippen molar-refractivity contribution in [3.8, 4) is 0 Å². The molecule has 0 bridgehead atoms. The molecule has 1 aromatic rings. The van der Waals surface area contributed by atoms with Crippen LogP contribution in [-0.4, -0.2) is 38.7 Å². The number of guanidine groups is 1. The second-order valence-corrected chi connectivity index (χ2v) is 4.68. The van der Waals surface area contributed by atoms with Gasteiger partial charge in [-0.2, -0.15) is 0 Å². The smallest absolute Gasteiger partial charge is 0.305 e. The van der Waals surface area contributed by atoms with Crippen LogP contribution >= 0.6 is 0 Å². The van der Waals surface area contributed by atoms with Gasteiger partial charge in [0.2, 0.25) is 0 Å². The van der Waals surface area contributed by atoms with E-state index in [-0.39, 0.29) is 11.8 Å². The number of halogens is 1. The standard InChI is InChI=1S/C16H24FN3O2/c1-3-22-15(21)9-6-11-19-16(18-2)20-12-10-13-7-4-5-8-14(13)17/h4-5,7-8H,3,6,9-12H2,1-2H3,(H2,18,19,20). The maximum Gasteiger partial charge on any atom is 0.305 e. The molecule has 6 heteroatoms. The first kappa shape index (κ1) is 17.9. The van der Waals surface area contributed by atoms with E-state index in [0.717, 1.165) is 0 Å². The Balaban J connectivity index is 2.20. The number of carbonyl (C=O) groups excluding carboxylic acids is 1. The second-order valence-electron chi connectivity index (χ2n) is 4.68. The highest BCUT2D eigenvalue weighted by molar-refractivity contribution is 5.79. The van der Waals surface area contributed by atoms with E-state index in [2.05, 4.69) is 15.6 Å². The zero-order valence-corrected chi connectivity index (χ0v) is 13.2. The van der Waals surface area contributed by atoms with Crippen molar-refractivity contribution < 1.29 is 13.9 Å². The van der Waals surface area contributed by atoms with E-state index in [1.54, 1.807) is 26.1 Å². The molecule has 122 valence electrons. The Hall–Kier alpha value is -2.11. The van der Waals surface area contributed by atoms with Crippen LogP contribution in [0.15, 0.2) is 29.3 Å². The van der Waals surface area contributed by atoms with Gasteiger partial charge in [0.25, 0.3) is 0 Å². The molecule has 2 N–H and O–H groups in total. The first-order chi connectivity index (χ1) is 10.7. The number of hydrogen-bond donors (Lipinski definition) is 2. The van der Waals surface area contributed by atoms with Crippen LogP contribution in [0.1, 0.15) is 25.3 Å². The normalized spacial score (nSPS) is 11.1. The van der Waals surface area contributed by atoms with Gasteiger partial charge in [0.05, 0.1) is 6.61 Å². The maximum atomic E-state index is 13.5. The molecule has 0 amide bonds. The Morgan fingerprint density at radius 1 is 1.27 bits per heavy atom. The minimum atomic E-state index is -0.193. The summed E-state index contributed by atoms with van der Waals surface area (Å²) < 4.78 is 18.3. The highest BCUT2D eigenvalue weighted by Gasteiger charge is 2.03. The van der Waals surface area contributed by atoms with E-state index in [0.29, 0.717) is 50.5 Å². The predicted octanol–water partition coefficient (Wildman–Crippen LogP) is 1.88. The van der Waals surface area contributed by atoms with Crippen molar-refractivity contribution in [3.63, 3.8) is 0 Å². The number of carbonyl (C=O) groups is 1. The molecule has 0 unspecified atom stereocenters. The summed E-state index contributed by atoms with van der Waals surface area (Å²) in [5.41, 5.74) is 0.674. The number of aliphatic imine (C=N–C) groups is 1. The summed E-state index contributed by atoms with van der Waals surface area (Å²) in [6, 6.07) is 6.72. The van der Waals surface area contributed by atoms with Crippen LogP contribution in [0.3, 0.4) is 0 Å². The highest BCUT2D eigenvalue weighted by Crippen LogP contribution is 2.05. The number of esters is 1. The summed E-state index contributed by atoms with van der Waals surface area (Å²) in [7, 11) is 1.67. The highest BCUT2D eigenvalue weighted by atomic mass is 19.1. The third-order valence-corrected chi connectivity index (χ3v) is 3.02. The molecule has 0 heterocycles. The minimum absolute atomic E-state index is 0.188. The Labute approximate surface area is 131 Å². The summed E-state index contributed by atoms with van der Waals surface area (Å²) in [5.74, 6) is 0.258. The van der Waals surface area contributed by atoms with Crippen LogP contribution in [-0.2, 0) is 16.0 Å². The molecular weight excluding hydrogens is 285 g/mol. The van der Waals surface area contributed by atoms with E-state index >= 15 is 0 Å². The number of nitrogens with zero attached hydrogens (tertiary/aromatic N) is 1. The summed E-state index contributed by atoms with van der Waals surface area (Å²) >= 11 is 0. The zero-order valence-electron chi connectivity index (χ0n) is 13.2. The maximum absolute atomic E-state index is 13.5. The van der Waals surface area contributed by atoms with Crippen LogP contribution in [0.4, 0.5) is 4.39 Å². The van der Waals surface area contributed by atoms with Crippen molar-refractivity contribution in [1.82, 2.24) is 10.6 Å². The molecule has 0 aliphatic heterocycles. The fourth-order valence-corrected chi connectivity index (χ4v) is 1.91. The van der Waals surface area contributed by atoms with Gasteiger partial charge in [-0.3, -0.25) is 9.79 Å². The first-order valence-corrected chi connectivity index (χ1v) is 7.51. The van der Waals surface area contributed by atoms with E-state index in [4.69, 9.17) is 4.74 Å². The molecule has 0 fully saturated rings. The largest absolute Gasteiger partial charge is 0.466 e. The lowest BCUT2D eigenvalue weighted by Crippen LogP contribution is -2.38. The topological polar surface area (TPSA) is 62.7 Å². The molecule has 0 saturated carbocycles. The quantitative estimate of drug-likeness (QED) is 0.333. The van der Waals surface area contributed by atoms with Crippen LogP contribution in [0, 0.1) is 5.82 Å². The van der Waals surface area contributed by atoms with Crippen molar-refractivity contribution in [1.29, 1.82) is 0 Å². The second kappa shape index (κ2) is 10.6. The van der Waals surface area contributed by atoms with E-state index < -0.39 is 0 Å². The SMILES string of the molecule is CCOC(=O)CCCNC(=NC)NCCc1ccccc1F. The lowest BCUT2D eigenvalue weighted by atomic mass is 10.1. The number of nitrogens with one attached hydrogen (secondary N) is 2. The third-order valence-electron chi connectivity index (χ3n) is 3.02. The van der Waals surface area contributed by atoms with Crippen LogP contribution in [0.2, 0.25) is 0 Å². The molecule has 5 nitrogen and oxygen atoms in total. The molecule has 0 aromatic heterocycles. The van der Waals surface area contributed by atoms with Crippen LogP contribution in [0.25, 0.3) is 0 Å². The molecule has 22 heavy (non-hydrogen) atoms. The molecule has 0 radical (unpaired) electrons. The lowest BCUT2D eigenvalue weighted by molar-refractivity contribution is -0.143. The Bertz CT molecular complexity index is 492. The Kier molecular flexibility index (Phi) is 8.64. The van der Waals surface area contributed by atoms with Gasteiger partial charge in [0.1, 0.15) is 5.82 Å².